The van der Waals surface area contributed by atoms with Crippen LogP contribution in [0.2, 0.25) is 0 Å². The summed E-state index contributed by atoms with van der Waals surface area (Å²) in [4.78, 5) is 0. The van der Waals surface area contributed by atoms with Gasteiger partial charge in [-0.1, -0.05) is 24.8 Å². The number of rotatable bonds is 5. The summed E-state index contributed by atoms with van der Waals surface area (Å²) in [5.74, 6) is -4.05. The molecule has 0 N–H and O–H groups in total. The van der Waals surface area contributed by atoms with Crippen molar-refractivity contribution in [1.29, 1.82) is 0 Å². The summed E-state index contributed by atoms with van der Waals surface area (Å²) in [6.07, 6.45) is -2.42. The molecule has 0 saturated heterocycles. The van der Waals surface area contributed by atoms with Crippen LogP contribution in [-0.2, 0) is 0 Å². The minimum Gasteiger partial charge on any atom is -0.487 e. The average molecular weight is 233 g/mol. The van der Waals surface area contributed by atoms with Crippen molar-refractivity contribution >= 4 is 6.08 Å². The molecule has 5 heteroatoms. The van der Waals surface area contributed by atoms with Gasteiger partial charge in [0.05, 0.1) is 0 Å². The summed E-state index contributed by atoms with van der Waals surface area (Å²) in [5.41, 5.74) is 0.674. The summed E-state index contributed by atoms with van der Waals surface area (Å²) < 4.78 is 53.1. The standard InChI is InChI=1S/C11H9F4O/c1-2-8-3-5-9(6-4-8)16-7-11(14,15)10(12)13/h1-6,10H,7H2. The smallest absolute Gasteiger partial charge is 0.340 e. The summed E-state index contributed by atoms with van der Waals surface area (Å²) in [6, 6.07) is 5.80. The highest BCUT2D eigenvalue weighted by molar-refractivity contribution is 5.47. The second-order valence-corrected chi connectivity index (χ2v) is 3.09. The Kier molecular flexibility index (Phi) is 3.93. The average Bonchev–Trinajstić information content (AvgIpc) is 2.27. The number of hydrogen-bond donors (Lipinski definition) is 0. The molecule has 0 heterocycles. The number of ether oxygens (including phenoxy) is 1. The minimum atomic E-state index is -4.14. The van der Waals surface area contributed by atoms with Gasteiger partial charge in [-0.05, 0) is 17.7 Å². The van der Waals surface area contributed by atoms with E-state index in [0.29, 0.717) is 5.56 Å². The SMILES string of the molecule is [CH]=Cc1ccc(OCC(F)(F)C(F)F)cc1. The van der Waals surface area contributed by atoms with Gasteiger partial charge in [-0.15, -0.1) is 0 Å². The van der Waals surface area contributed by atoms with E-state index in [-0.39, 0.29) is 5.75 Å². The maximum absolute atomic E-state index is 12.5. The topological polar surface area (TPSA) is 9.23 Å². The maximum atomic E-state index is 12.5. The normalized spacial score (nSPS) is 11.6. The van der Waals surface area contributed by atoms with Crippen LogP contribution in [0.3, 0.4) is 0 Å². The largest absolute Gasteiger partial charge is 0.487 e. The van der Waals surface area contributed by atoms with Gasteiger partial charge in [0, 0.05) is 0 Å². The molecule has 1 rings (SSSR count). The third-order valence-corrected chi connectivity index (χ3v) is 1.82. The third-order valence-electron chi connectivity index (χ3n) is 1.82. The molecule has 0 aliphatic carbocycles. The van der Waals surface area contributed by atoms with Crippen LogP contribution in [0.5, 0.6) is 5.75 Å². The Hall–Kier alpha value is -1.52. The molecule has 0 saturated carbocycles. The summed E-state index contributed by atoms with van der Waals surface area (Å²) in [6.45, 7) is 3.85. The van der Waals surface area contributed by atoms with E-state index in [1.54, 1.807) is 0 Å². The van der Waals surface area contributed by atoms with Gasteiger partial charge in [0.1, 0.15) is 5.75 Å². The van der Waals surface area contributed by atoms with Crippen molar-refractivity contribution in [3.05, 3.63) is 36.4 Å². The molecule has 0 spiro atoms. The first-order chi connectivity index (χ1) is 7.45. The molecule has 1 nitrogen and oxygen atoms in total. The van der Waals surface area contributed by atoms with Crippen molar-refractivity contribution < 1.29 is 22.3 Å². The predicted octanol–water partition coefficient (Wildman–Crippen LogP) is 3.41. The first-order valence-corrected chi connectivity index (χ1v) is 4.39. The van der Waals surface area contributed by atoms with Crippen LogP contribution in [0, 0.1) is 6.58 Å². The van der Waals surface area contributed by atoms with Crippen molar-refractivity contribution in [2.24, 2.45) is 0 Å². The lowest BCUT2D eigenvalue weighted by atomic mass is 10.2. The first-order valence-electron chi connectivity index (χ1n) is 4.39. The fraction of sp³-hybridized carbons (Fsp3) is 0.273. The van der Waals surface area contributed by atoms with E-state index in [9.17, 15) is 17.6 Å². The van der Waals surface area contributed by atoms with Crippen LogP contribution in [0.25, 0.3) is 6.08 Å². The van der Waals surface area contributed by atoms with Gasteiger partial charge in [0.2, 0.25) is 0 Å². The third kappa shape index (κ3) is 3.25. The molecule has 0 aliphatic rings. The van der Waals surface area contributed by atoms with Crippen LogP contribution >= 0.6 is 0 Å². The monoisotopic (exact) mass is 233 g/mol. The Morgan fingerprint density at radius 2 is 1.81 bits per heavy atom. The van der Waals surface area contributed by atoms with Gasteiger partial charge in [-0.3, -0.25) is 0 Å². The van der Waals surface area contributed by atoms with Crippen LogP contribution in [0.1, 0.15) is 5.56 Å². The Morgan fingerprint density at radius 3 is 2.25 bits per heavy atom. The van der Waals surface area contributed by atoms with Crippen molar-refractivity contribution in [2.75, 3.05) is 6.61 Å². The molecule has 1 aromatic rings. The zero-order chi connectivity index (χ0) is 12.2. The van der Waals surface area contributed by atoms with E-state index >= 15 is 0 Å². The molecule has 0 aliphatic heterocycles. The summed E-state index contributed by atoms with van der Waals surface area (Å²) >= 11 is 0. The van der Waals surface area contributed by atoms with Gasteiger partial charge in [-0.25, -0.2) is 8.78 Å². The van der Waals surface area contributed by atoms with Crippen LogP contribution in [-0.4, -0.2) is 19.0 Å². The molecule has 0 unspecified atom stereocenters. The van der Waals surface area contributed by atoms with Crippen molar-refractivity contribution in [3.8, 4) is 5.75 Å². The molecular weight excluding hydrogens is 224 g/mol. The zero-order valence-electron chi connectivity index (χ0n) is 8.17. The fourth-order valence-corrected chi connectivity index (χ4v) is 0.918. The van der Waals surface area contributed by atoms with E-state index in [1.807, 2.05) is 0 Å². The molecule has 0 aromatic heterocycles. The molecule has 1 radical (unpaired) electrons. The summed E-state index contributed by atoms with van der Waals surface area (Å²) in [7, 11) is 0. The van der Waals surface area contributed by atoms with Gasteiger partial charge in [0.15, 0.2) is 6.61 Å². The van der Waals surface area contributed by atoms with Crippen molar-refractivity contribution in [1.82, 2.24) is 0 Å². The molecule has 16 heavy (non-hydrogen) atoms. The Labute approximate surface area is 90.3 Å². The molecule has 0 atom stereocenters. The lowest BCUT2D eigenvalue weighted by molar-refractivity contribution is -0.148. The molecular formula is C11H9F4O. The Morgan fingerprint density at radius 1 is 1.25 bits per heavy atom. The molecule has 1 aromatic carbocycles. The Bertz CT molecular complexity index is 346. The number of benzene rings is 1. The highest BCUT2D eigenvalue weighted by Gasteiger charge is 2.41. The molecule has 0 fully saturated rings. The van der Waals surface area contributed by atoms with E-state index < -0.39 is 19.0 Å². The van der Waals surface area contributed by atoms with Gasteiger partial charge < -0.3 is 4.74 Å². The van der Waals surface area contributed by atoms with Crippen LogP contribution < -0.4 is 4.74 Å². The quantitative estimate of drug-likeness (QED) is 0.708. The second kappa shape index (κ2) is 5.01. The van der Waals surface area contributed by atoms with E-state index in [0.717, 1.165) is 0 Å². The molecule has 0 amide bonds. The van der Waals surface area contributed by atoms with Gasteiger partial charge >= 0.3 is 12.3 Å². The van der Waals surface area contributed by atoms with Gasteiger partial charge in [-0.2, -0.15) is 8.78 Å². The van der Waals surface area contributed by atoms with Gasteiger partial charge in [0.25, 0.3) is 0 Å². The van der Waals surface area contributed by atoms with Crippen molar-refractivity contribution in [3.63, 3.8) is 0 Å². The molecule has 0 bridgehead atoms. The lowest BCUT2D eigenvalue weighted by Crippen LogP contribution is -2.33. The maximum Gasteiger partial charge on any atom is 0.340 e. The van der Waals surface area contributed by atoms with Crippen LogP contribution in [0.4, 0.5) is 17.6 Å². The highest BCUT2D eigenvalue weighted by Crippen LogP contribution is 2.24. The van der Waals surface area contributed by atoms with E-state index in [1.165, 1.54) is 30.3 Å². The number of halogens is 4. The van der Waals surface area contributed by atoms with Crippen LogP contribution in [0.15, 0.2) is 24.3 Å². The van der Waals surface area contributed by atoms with E-state index in [2.05, 4.69) is 4.74 Å². The second-order valence-electron chi connectivity index (χ2n) is 3.09. The minimum absolute atomic E-state index is 0.0888. The fourth-order valence-electron chi connectivity index (χ4n) is 0.918. The first kappa shape index (κ1) is 12.5. The number of hydrogen-bond acceptors (Lipinski definition) is 1. The lowest BCUT2D eigenvalue weighted by Gasteiger charge is -2.15. The molecule has 87 valence electrons. The van der Waals surface area contributed by atoms with E-state index in [4.69, 9.17) is 6.58 Å². The predicted molar refractivity (Wildman–Crippen MR) is 51.7 cm³/mol. The Balaban J connectivity index is 2.58. The summed E-state index contributed by atoms with van der Waals surface area (Å²) in [5, 5.41) is 0. The highest BCUT2D eigenvalue weighted by atomic mass is 19.3. The van der Waals surface area contributed by atoms with Crippen molar-refractivity contribution in [2.45, 2.75) is 12.3 Å². The zero-order valence-corrected chi connectivity index (χ0v) is 8.17. The number of alkyl halides is 4.